The average molecular weight is 215 g/mol. The Bertz CT molecular complexity index is 201. The van der Waals surface area contributed by atoms with Crippen LogP contribution in [0.25, 0.3) is 0 Å². The highest BCUT2D eigenvalue weighted by Crippen LogP contribution is 2.11. The first-order valence-electron chi connectivity index (χ1n) is 5.34. The van der Waals surface area contributed by atoms with E-state index in [4.69, 9.17) is 4.74 Å². The highest BCUT2D eigenvalue weighted by atomic mass is 28.3. The molecule has 0 radical (unpaired) electrons. The van der Waals surface area contributed by atoms with Gasteiger partial charge in [0, 0.05) is 27.6 Å². The van der Waals surface area contributed by atoms with Crippen LogP contribution in [0.15, 0.2) is 0 Å². The van der Waals surface area contributed by atoms with Crippen molar-refractivity contribution in [1.29, 1.82) is 0 Å². The van der Waals surface area contributed by atoms with E-state index >= 15 is 0 Å². The van der Waals surface area contributed by atoms with Crippen LogP contribution in [-0.4, -0.2) is 38.8 Å². The Hall–Kier alpha value is -0.353. The number of amides is 1. The van der Waals surface area contributed by atoms with Gasteiger partial charge in [0.25, 0.3) is 0 Å². The summed E-state index contributed by atoms with van der Waals surface area (Å²) in [5.41, 5.74) is 0. The zero-order chi connectivity index (χ0) is 10.6. The molecule has 14 heavy (non-hydrogen) atoms. The van der Waals surface area contributed by atoms with Crippen LogP contribution in [0.3, 0.4) is 0 Å². The van der Waals surface area contributed by atoms with Gasteiger partial charge in [-0.2, -0.15) is 0 Å². The van der Waals surface area contributed by atoms with Gasteiger partial charge in [-0.15, -0.1) is 0 Å². The molecule has 1 aliphatic rings. The molecule has 0 atom stereocenters. The lowest BCUT2D eigenvalue weighted by Crippen LogP contribution is -2.29. The monoisotopic (exact) mass is 215 g/mol. The number of hydrogen-bond acceptors (Lipinski definition) is 2. The lowest BCUT2D eigenvalue weighted by Gasteiger charge is -2.18. The summed E-state index contributed by atoms with van der Waals surface area (Å²) in [6.07, 6.45) is 1.70. The van der Waals surface area contributed by atoms with Crippen molar-refractivity contribution in [1.82, 2.24) is 4.90 Å². The predicted molar refractivity (Wildman–Crippen MR) is 59.9 cm³/mol. The molecular formula is C10H21NO2Si. The zero-order valence-corrected chi connectivity index (χ0v) is 10.5. The third kappa shape index (κ3) is 4.24. The van der Waals surface area contributed by atoms with E-state index < -0.39 is 8.07 Å². The quantitative estimate of drug-likeness (QED) is 0.518. The summed E-state index contributed by atoms with van der Waals surface area (Å²) in [6.45, 7) is 9.18. The van der Waals surface area contributed by atoms with Gasteiger partial charge in [-0.3, -0.25) is 4.79 Å². The van der Waals surface area contributed by atoms with Crippen LogP contribution in [0.5, 0.6) is 0 Å². The Labute approximate surface area is 87.4 Å². The molecular weight excluding hydrogens is 194 g/mol. The van der Waals surface area contributed by atoms with Crippen molar-refractivity contribution in [3.8, 4) is 0 Å². The van der Waals surface area contributed by atoms with Crippen LogP contribution in [-0.2, 0) is 9.53 Å². The lowest BCUT2D eigenvalue weighted by molar-refractivity contribution is -0.132. The highest BCUT2D eigenvalue weighted by Gasteiger charge is 2.20. The van der Waals surface area contributed by atoms with E-state index in [-0.39, 0.29) is 5.91 Å². The van der Waals surface area contributed by atoms with Gasteiger partial charge in [0.1, 0.15) is 6.73 Å². The molecule has 1 rings (SSSR count). The van der Waals surface area contributed by atoms with Crippen LogP contribution >= 0.6 is 0 Å². The molecule has 0 spiro atoms. The summed E-state index contributed by atoms with van der Waals surface area (Å²) in [5.74, 6) is 0.248. The second-order valence-corrected chi connectivity index (χ2v) is 10.7. The van der Waals surface area contributed by atoms with Gasteiger partial charge < -0.3 is 9.64 Å². The molecule has 0 aliphatic carbocycles. The molecule has 1 fully saturated rings. The fourth-order valence-electron chi connectivity index (χ4n) is 1.39. The van der Waals surface area contributed by atoms with Gasteiger partial charge in [0.2, 0.25) is 5.91 Å². The first kappa shape index (κ1) is 11.7. The van der Waals surface area contributed by atoms with Gasteiger partial charge in [-0.25, -0.2) is 0 Å². The van der Waals surface area contributed by atoms with Crippen molar-refractivity contribution in [2.45, 2.75) is 38.5 Å². The van der Waals surface area contributed by atoms with E-state index in [2.05, 4.69) is 19.6 Å². The Kier molecular flexibility index (Phi) is 4.13. The topological polar surface area (TPSA) is 29.5 Å². The number of carbonyl (C=O) groups is 1. The molecule has 0 aromatic carbocycles. The maximum atomic E-state index is 11.2. The minimum Gasteiger partial charge on any atom is -0.361 e. The first-order valence-corrected chi connectivity index (χ1v) is 9.05. The maximum Gasteiger partial charge on any atom is 0.224 e. The first-order chi connectivity index (χ1) is 6.49. The summed E-state index contributed by atoms with van der Waals surface area (Å²) in [7, 11) is -0.979. The maximum absolute atomic E-state index is 11.2. The molecule has 1 amide bonds. The normalized spacial score (nSPS) is 17.9. The number of carbonyl (C=O) groups excluding carboxylic acids is 1. The fraction of sp³-hybridized carbons (Fsp3) is 0.900. The minimum atomic E-state index is -0.979. The molecule has 1 saturated heterocycles. The SMILES string of the molecule is C[Si](C)(C)CCOCN1CCCC1=O. The van der Waals surface area contributed by atoms with Gasteiger partial charge in [0.05, 0.1) is 0 Å². The molecule has 0 aromatic heterocycles. The summed E-state index contributed by atoms with van der Waals surface area (Å²) in [6, 6.07) is 1.18. The second kappa shape index (κ2) is 4.93. The van der Waals surface area contributed by atoms with E-state index in [1.807, 2.05) is 4.90 Å². The minimum absolute atomic E-state index is 0.248. The number of likely N-dealkylation sites (tertiary alicyclic amines) is 1. The van der Waals surface area contributed by atoms with Gasteiger partial charge in [0.15, 0.2) is 0 Å². The molecule has 1 aliphatic heterocycles. The number of hydrogen-bond donors (Lipinski definition) is 0. The van der Waals surface area contributed by atoms with E-state index in [9.17, 15) is 4.79 Å². The standard InChI is InChI=1S/C10H21NO2Si/c1-14(2,3)8-7-13-9-11-6-4-5-10(11)12/h4-9H2,1-3H3. The molecule has 0 saturated carbocycles. The fourth-order valence-corrected chi connectivity index (χ4v) is 2.15. The molecule has 0 aromatic rings. The van der Waals surface area contributed by atoms with Crippen molar-refractivity contribution < 1.29 is 9.53 Å². The molecule has 82 valence electrons. The summed E-state index contributed by atoms with van der Waals surface area (Å²) < 4.78 is 5.50. The molecule has 0 N–H and O–H groups in total. The Balaban J connectivity index is 2.07. The number of rotatable bonds is 5. The third-order valence-corrected chi connectivity index (χ3v) is 4.12. The smallest absolute Gasteiger partial charge is 0.224 e. The molecule has 1 heterocycles. The van der Waals surface area contributed by atoms with E-state index in [1.165, 1.54) is 6.04 Å². The van der Waals surface area contributed by atoms with Crippen molar-refractivity contribution >= 4 is 14.0 Å². The molecule has 4 heteroatoms. The van der Waals surface area contributed by atoms with Crippen LogP contribution in [0.2, 0.25) is 25.7 Å². The van der Waals surface area contributed by atoms with Crippen molar-refractivity contribution in [2.24, 2.45) is 0 Å². The van der Waals surface area contributed by atoms with Crippen LogP contribution < -0.4 is 0 Å². The average Bonchev–Trinajstić information content (AvgIpc) is 2.44. The van der Waals surface area contributed by atoms with Crippen molar-refractivity contribution in [3.05, 3.63) is 0 Å². The Morgan fingerprint density at radius 1 is 1.43 bits per heavy atom. The summed E-state index contributed by atoms with van der Waals surface area (Å²) in [4.78, 5) is 13.0. The molecule has 0 bridgehead atoms. The second-order valence-electron chi connectivity index (χ2n) is 5.11. The van der Waals surface area contributed by atoms with Gasteiger partial charge in [-0.1, -0.05) is 19.6 Å². The molecule has 3 nitrogen and oxygen atoms in total. The highest BCUT2D eigenvalue weighted by molar-refractivity contribution is 6.76. The summed E-state index contributed by atoms with van der Waals surface area (Å²) >= 11 is 0. The predicted octanol–water partition coefficient (Wildman–Crippen LogP) is 1.92. The van der Waals surface area contributed by atoms with Crippen LogP contribution in [0.4, 0.5) is 0 Å². The van der Waals surface area contributed by atoms with Crippen molar-refractivity contribution in [2.75, 3.05) is 19.9 Å². The third-order valence-electron chi connectivity index (χ3n) is 2.41. The molecule has 0 unspecified atom stereocenters. The van der Waals surface area contributed by atoms with Gasteiger partial charge >= 0.3 is 0 Å². The number of nitrogens with zero attached hydrogens (tertiary/aromatic N) is 1. The van der Waals surface area contributed by atoms with Crippen molar-refractivity contribution in [3.63, 3.8) is 0 Å². The Morgan fingerprint density at radius 2 is 2.14 bits per heavy atom. The van der Waals surface area contributed by atoms with E-state index in [0.29, 0.717) is 13.2 Å². The van der Waals surface area contributed by atoms with Gasteiger partial charge in [-0.05, 0) is 12.5 Å². The lowest BCUT2D eigenvalue weighted by atomic mass is 10.4. The van der Waals surface area contributed by atoms with Crippen LogP contribution in [0.1, 0.15) is 12.8 Å². The Morgan fingerprint density at radius 3 is 2.64 bits per heavy atom. The van der Waals surface area contributed by atoms with Crippen LogP contribution in [0, 0.1) is 0 Å². The van der Waals surface area contributed by atoms with E-state index in [0.717, 1.165) is 19.6 Å². The van der Waals surface area contributed by atoms with E-state index in [1.54, 1.807) is 0 Å². The summed E-state index contributed by atoms with van der Waals surface area (Å²) in [5, 5.41) is 0. The zero-order valence-electron chi connectivity index (χ0n) is 9.51. The largest absolute Gasteiger partial charge is 0.361 e. The number of ether oxygens (including phenoxy) is 1.